The van der Waals surface area contributed by atoms with Crippen LogP contribution in [0.5, 0.6) is 0 Å². The summed E-state index contributed by atoms with van der Waals surface area (Å²) in [5.41, 5.74) is 1.74. The molecule has 3 rings (SSSR count). The van der Waals surface area contributed by atoms with E-state index in [9.17, 15) is 4.39 Å². The van der Waals surface area contributed by atoms with E-state index in [-0.39, 0.29) is 5.02 Å². The van der Waals surface area contributed by atoms with Crippen molar-refractivity contribution < 1.29 is 4.39 Å². The summed E-state index contributed by atoms with van der Waals surface area (Å²) in [4.78, 5) is 7.44. The molecule has 1 heterocycles. The third-order valence-electron chi connectivity index (χ3n) is 2.82. The van der Waals surface area contributed by atoms with E-state index in [0.29, 0.717) is 17.3 Å². The maximum Gasteiger partial charge on any atom is 0.142 e. The highest BCUT2D eigenvalue weighted by Crippen LogP contribution is 2.40. The Morgan fingerprint density at radius 1 is 1.38 bits per heavy atom. The molecule has 1 aliphatic rings. The fourth-order valence-electron chi connectivity index (χ4n) is 1.76. The van der Waals surface area contributed by atoms with E-state index in [4.69, 9.17) is 11.6 Å². The van der Waals surface area contributed by atoms with E-state index in [1.54, 1.807) is 12.1 Å². The Morgan fingerprint density at radius 3 is 2.94 bits per heavy atom. The Hall–Kier alpha value is -1.35. The van der Waals surface area contributed by atoms with Gasteiger partial charge in [-0.1, -0.05) is 17.7 Å². The molecule has 1 fully saturated rings. The normalized spacial score (nSPS) is 15.4. The number of benzene rings is 1. The van der Waals surface area contributed by atoms with E-state index in [1.165, 1.54) is 18.9 Å². The first-order chi connectivity index (χ1) is 7.75. The van der Waals surface area contributed by atoms with Gasteiger partial charge in [0.25, 0.3) is 0 Å². The second kappa shape index (κ2) is 3.59. The minimum atomic E-state index is -0.413. The van der Waals surface area contributed by atoms with Gasteiger partial charge < -0.3 is 4.98 Å². The Morgan fingerprint density at radius 2 is 2.19 bits per heavy atom. The van der Waals surface area contributed by atoms with E-state index in [0.717, 1.165) is 5.69 Å². The molecular weight excluding hydrogens is 227 g/mol. The number of rotatable bonds is 2. The van der Waals surface area contributed by atoms with E-state index >= 15 is 0 Å². The highest BCUT2D eigenvalue weighted by atomic mass is 35.5. The zero-order chi connectivity index (χ0) is 11.1. The molecule has 2 aromatic rings. The number of H-pyrrole nitrogens is 1. The molecule has 1 saturated carbocycles. The summed E-state index contributed by atoms with van der Waals surface area (Å²) < 4.78 is 13.3. The highest BCUT2D eigenvalue weighted by molar-refractivity contribution is 6.33. The van der Waals surface area contributed by atoms with Crippen LogP contribution in [0.4, 0.5) is 4.39 Å². The minimum absolute atomic E-state index is 0.124. The summed E-state index contributed by atoms with van der Waals surface area (Å²) in [7, 11) is 0. The second-order valence-electron chi connectivity index (χ2n) is 4.06. The van der Waals surface area contributed by atoms with Crippen LogP contribution in [0.2, 0.25) is 5.02 Å². The van der Waals surface area contributed by atoms with Crippen LogP contribution < -0.4 is 0 Å². The number of hydrogen-bond acceptors (Lipinski definition) is 1. The predicted octanol–water partition coefficient (Wildman–Crippen LogP) is 3.75. The van der Waals surface area contributed by atoms with Gasteiger partial charge in [0, 0.05) is 23.4 Å². The number of imidazole rings is 1. The average molecular weight is 237 g/mol. The molecule has 1 aromatic heterocycles. The molecule has 0 saturated heterocycles. The van der Waals surface area contributed by atoms with Crippen LogP contribution in [0.1, 0.15) is 24.5 Å². The number of aromatic nitrogens is 2. The molecule has 1 aliphatic carbocycles. The zero-order valence-corrected chi connectivity index (χ0v) is 9.26. The Balaban J connectivity index is 2.03. The van der Waals surface area contributed by atoms with Crippen LogP contribution in [-0.4, -0.2) is 9.97 Å². The number of nitrogens with one attached hydrogen (secondary N) is 1. The first-order valence-corrected chi connectivity index (χ1v) is 5.63. The number of nitrogens with zero attached hydrogens (tertiary/aromatic N) is 1. The minimum Gasteiger partial charge on any atom is -0.342 e. The third-order valence-corrected chi connectivity index (χ3v) is 3.20. The summed E-state index contributed by atoms with van der Waals surface area (Å²) >= 11 is 5.90. The summed E-state index contributed by atoms with van der Waals surface area (Å²) in [5, 5.41) is 0.124. The summed E-state index contributed by atoms with van der Waals surface area (Å²) in [6.07, 6.45) is 4.23. The van der Waals surface area contributed by atoms with Gasteiger partial charge in [-0.25, -0.2) is 9.37 Å². The number of halogens is 2. The standard InChI is InChI=1S/C12H10ClFN2/c13-11-8(2-1-3-9(11)14)12-15-6-10(16-12)7-4-5-7/h1-3,6-7H,4-5H2,(H,15,16). The molecule has 1 N–H and O–H groups in total. The molecule has 0 spiro atoms. The predicted molar refractivity (Wildman–Crippen MR) is 61.0 cm³/mol. The van der Waals surface area contributed by atoms with E-state index in [1.807, 2.05) is 6.20 Å². The first kappa shape index (κ1) is 9.85. The van der Waals surface area contributed by atoms with Gasteiger partial charge in [0.2, 0.25) is 0 Å². The van der Waals surface area contributed by atoms with Gasteiger partial charge in [0.15, 0.2) is 0 Å². The van der Waals surface area contributed by atoms with Crippen molar-refractivity contribution in [1.29, 1.82) is 0 Å². The van der Waals surface area contributed by atoms with Crippen LogP contribution in [0.15, 0.2) is 24.4 Å². The van der Waals surface area contributed by atoms with Crippen molar-refractivity contribution in [2.45, 2.75) is 18.8 Å². The molecule has 0 atom stereocenters. The van der Waals surface area contributed by atoms with Crippen molar-refractivity contribution in [1.82, 2.24) is 9.97 Å². The lowest BCUT2D eigenvalue weighted by Crippen LogP contribution is -1.86. The average Bonchev–Trinajstić information content (AvgIpc) is 3.02. The maximum absolute atomic E-state index is 13.3. The van der Waals surface area contributed by atoms with Gasteiger partial charge in [-0.2, -0.15) is 0 Å². The van der Waals surface area contributed by atoms with Crippen LogP contribution in [0.25, 0.3) is 11.4 Å². The third kappa shape index (κ3) is 1.61. The molecule has 1 aromatic carbocycles. The summed E-state index contributed by atoms with van der Waals surface area (Å²) in [6, 6.07) is 4.74. The molecule has 82 valence electrons. The van der Waals surface area contributed by atoms with Gasteiger partial charge in [-0.3, -0.25) is 0 Å². The Bertz CT molecular complexity index is 532. The molecule has 2 nitrogen and oxygen atoms in total. The van der Waals surface area contributed by atoms with E-state index < -0.39 is 5.82 Å². The Labute approximate surface area is 97.5 Å². The molecular formula is C12H10ClFN2. The van der Waals surface area contributed by atoms with Crippen LogP contribution in [0, 0.1) is 5.82 Å². The molecule has 0 radical (unpaired) electrons. The van der Waals surface area contributed by atoms with Crippen molar-refractivity contribution in [2.24, 2.45) is 0 Å². The first-order valence-electron chi connectivity index (χ1n) is 5.25. The van der Waals surface area contributed by atoms with Gasteiger partial charge in [0.05, 0.1) is 5.02 Å². The van der Waals surface area contributed by atoms with Crippen LogP contribution in [-0.2, 0) is 0 Å². The summed E-state index contributed by atoms with van der Waals surface area (Å²) in [5.74, 6) is 0.837. The van der Waals surface area contributed by atoms with Gasteiger partial charge >= 0.3 is 0 Å². The van der Waals surface area contributed by atoms with Crippen molar-refractivity contribution in [2.75, 3.05) is 0 Å². The van der Waals surface area contributed by atoms with Crippen molar-refractivity contribution in [3.8, 4) is 11.4 Å². The monoisotopic (exact) mass is 236 g/mol. The van der Waals surface area contributed by atoms with Gasteiger partial charge in [-0.15, -0.1) is 0 Å². The molecule has 0 unspecified atom stereocenters. The van der Waals surface area contributed by atoms with Crippen LogP contribution in [0.3, 0.4) is 0 Å². The lowest BCUT2D eigenvalue weighted by Gasteiger charge is -2.01. The quantitative estimate of drug-likeness (QED) is 0.845. The number of aromatic amines is 1. The Kier molecular flexibility index (Phi) is 2.21. The van der Waals surface area contributed by atoms with Gasteiger partial charge in [-0.05, 0) is 25.0 Å². The number of hydrogen-bond donors (Lipinski definition) is 1. The molecule has 0 amide bonds. The highest BCUT2D eigenvalue weighted by Gasteiger charge is 2.25. The van der Waals surface area contributed by atoms with Crippen molar-refractivity contribution >= 4 is 11.6 Å². The molecule has 0 aliphatic heterocycles. The van der Waals surface area contributed by atoms with Gasteiger partial charge in [0.1, 0.15) is 11.6 Å². The molecule has 0 bridgehead atoms. The lowest BCUT2D eigenvalue weighted by atomic mass is 10.2. The van der Waals surface area contributed by atoms with E-state index in [2.05, 4.69) is 9.97 Å². The lowest BCUT2D eigenvalue weighted by molar-refractivity contribution is 0.628. The van der Waals surface area contributed by atoms with Crippen molar-refractivity contribution in [3.05, 3.63) is 40.9 Å². The second-order valence-corrected chi connectivity index (χ2v) is 4.44. The zero-order valence-electron chi connectivity index (χ0n) is 8.50. The largest absolute Gasteiger partial charge is 0.342 e. The smallest absolute Gasteiger partial charge is 0.142 e. The fourth-order valence-corrected chi connectivity index (χ4v) is 1.98. The molecule has 16 heavy (non-hydrogen) atoms. The summed E-state index contributed by atoms with van der Waals surface area (Å²) in [6.45, 7) is 0. The maximum atomic E-state index is 13.3. The van der Waals surface area contributed by atoms with Crippen LogP contribution >= 0.6 is 11.6 Å². The topological polar surface area (TPSA) is 28.7 Å². The van der Waals surface area contributed by atoms with Crippen molar-refractivity contribution in [3.63, 3.8) is 0 Å². The molecule has 4 heteroatoms. The fraction of sp³-hybridized carbons (Fsp3) is 0.250. The SMILES string of the molecule is Fc1cccc(-c2ncc(C3CC3)[nH]2)c1Cl.